The van der Waals surface area contributed by atoms with Crippen LogP contribution in [0.3, 0.4) is 0 Å². The summed E-state index contributed by atoms with van der Waals surface area (Å²) in [6, 6.07) is 0. The smallest absolute Gasteiger partial charge is 0.308 e. The normalized spacial score (nSPS) is 33.5. The molecular formula is C20H25NO3. The van der Waals surface area contributed by atoms with E-state index in [-0.39, 0.29) is 5.92 Å². The second kappa shape index (κ2) is 9.85. The van der Waals surface area contributed by atoms with Crippen LogP contribution in [0.4, 0.5) is 0 Å². The van der Waals surface area contributed by atoms with E-state index in [1.165, 1.54) is 0 Å². The van der Waals surface area contributed by atoms with Gasteiger partial charge in [-0.15, -0.1) is 0 Å². The largest absolute Gasteiger partial charge is 0.481 e. The van der Waals surface area contributed by atoms with Crippen LogP contribution in [0.15, 0.2) is 72.4 Å². The van der Waals surface area contributed by atoms with Crippen LogP contribution in [0.5, 0.6) is 0 Å². The fourth-order valence-corrected chi connectivity index (χ4v) is 2.96. The van der Waals surface area contributed by atoms with Gasteiger partial charge in [-0.1, -0.05) is 66.8 Å². The monoisotopic (exact) mass is 327 g/mol. The number of carboxylic acid groups (broad SMARTS) is 1. The van der Waals surface area contributed by atoms with E-state index in [1.807, 2.05) is 66.8 Å². The number of carbonyl (C=O) groups is 1. The summed E-state index contributed by atoms with van der Waals surface area (Å²) in [7, 11) is 1.67. The Morgan fingerprint density at radius 2 is 1.71 bits per heavy atom. The molecule has 4 heteroatoms. The summed E-state index contributed by atoms with van der Waals surface area (Å²) in [4.78, 5) is 13.9. The van der Waals surface area contributed by atoms with Crippen molar-refractivity contribution in [1.82, 2.24) is 4.90 Å². The van der Waals surface area contributed by atoms with E-state index in [0.29, 0.717) is 13.2 Å². The zero-order valence-electron chi connectivity index (χ0n) is 14.0. The number of hydrogen-bond acceptors (Lipinski definition) is 3. The summed E-state index contributed by atoms with van der Waals surface area (Å²) in [5.41, 5.74) is 1.04. The molecule has 128 valence electrons. The van der Waals surface area contributed by atoms with Gasteiger partial charge < -0.3 is 9.84 Å². The van der Waals surface area contributed by atoms with Crippen molar-refractivity contribution >= 4 is 5.97 Å². The molecule has 0 aromatic rings. The standard InChI is InChI=1S/C20H25NO3/c1-24-14-13-21-15-18(19(16-21)20(22)23)17-11-9-7-5-3-2-4-6-8-10-12-17/h2-12,18-19H,13-16H2,1H3,(H,22,23)/b3-2-,4-2?,5-3?,6-4-,7-5-,8-6?,9-7?,10-8-,11-9-,12-10?,17-11?,17-12+/t18?,19-/m0/s1. The second-order valence-electron chi connectivity index (χ2n) is 5.87. The lowest BCUT2D eigenvalue weighted by Gasteiger charge is -2.16. The molecule has 0 aromatic carbocycles. The quantitative estimate of drug-likeness (QED) is 0.843. The van der Waals surface area contributed by atoms with Gasteiger partial charge in [0.2, 0.25) is 0 Å². The Hall–Kier alpha value is -2.17. The number of carboxylic acids is 1. The minimum absolute atomic E-state index is 0.0175. The Labute approximate surface area is 143 Å². The Bertz CT molecular complexity index is 596. The number of methoxy groups -OCH3 is 1. The molecule has 1 unspecified atom stereocenters. The fraction of sp³-hybridized carbons (Fsp3) is 0.350. The molecule has 24 heavy (non-hydrogen) atoms. The Morgan fingerprint density at radius 3 is 2.33 bits per heavy atom. The average molecular weight is 327 g/mol. The summed E-state index contributed by atoms with van der Waals surface area (Å²) in [5.74, 6) is -1.14. The Morgan fingerprint density at radius 1 is 1.08 bits per heavy atom. The van der Waals surface area contributed by atoms with E-state index >= 15 is 0 Å². The predicted molar refractivity (Wildman–Crippen MR) is 96.7 cm³/mol. The minimum Gasteiger partial charge on any atom is -0.481 e. The van der Waals surface area contributed by atoms with Crippen molar-refractivity contribution in [2.75, 3.05) is 33.4 Å². The molecule has 0 aromatic heterocycles. The van der Waals surface area contributed by atoms with E-state index in [9.17, 15) is 9.90 Å². The van der Waals surface area contributed by atoms with Crippen LogP contribution in [-0.2, 0) is 9.53 Å². The fourth-order valence-electron chi connectivity index (χ4n) is 2.96. The van der Waals surface area contributed by atoms with Gasteiger partial charge in [-0.2, -0.15) is 0 Å². The number of allylic oxidation sites excluding steroid dienone is 11. The molecule has 2 rings (SSSR count). The van der Waals surface area contributed by atoms with Crippen LogP contribution in [-0.4, -0.2) is 49.3 Å². The van der Waals surface area contributed by atoms with Gasteiger partial charge in [-0.25, -0.2) is 0 Å². The number of nitrogens with zero attached hydrogens (tertiary/aromatic N) is 1. The number of ether oxygens (including phenoxy) is 1. The third-order valence-corrected chi connectivity index (χ3v) is 4.22. The van der Waals surface area contributed by atoms with Crippen molar-refractivity contribution in [1.29, 1.82) is 0 Å². The van der Waals surface area contributed by atoms with Gasteiger partial charge in [0.05, 0.1) is 12.5 Å². The van der Waals surface area contributed by atoms with Crippen LogP contribution in [0.1, 0.15) is 0 Å². The van der Waals surface area contributed by atoms with Crippen molar-refractivity contribution < 1.29 is 14.6 Å². The molecule has 0 radical (unpaired) electrons. The molecule has 2 atom stereocenters. The van der Waals surface area contributed by atoms with Crippen LogP contribution in [0.25, 0.3) is 0 Å². The summed E-state index contributed by atoms with van der Waals surface area (Å²) in [5, 5.41) is 9.60. The number of aliphatic carboxylic acids is 1. The highest BCUT2D eigenvalue weighted by atomic mass is 16.5. The van der Waals surface area contributed by atoms with Crippen molar-refractivity contribution in [2.24, 2.45) is 11.8 Å². The van der Waals surface area contributed by atoms with Gasteiger partial charge in [0.25, 0.3) is 0 Å². The topological polar surface area (TPSA) is 49.8 Å². The first-order valence-corrected chi connectivity index (χ1v) is 8.21. The molecule has 1 N–H and O–H groups in total. The molecule has 2 aliphatic rings. The maximum atomic E-state index is 11.7. The highest BCUT2D eigenvalue weighted by molar-refractivity contribution is 5.72. The zero-order chi connectivity index (χ0) is 17.2. The molecule has 4 nitrogen and oxygen atoms in total. The van der Waals surface area contributed by atoms with E-state index in [1.54, 1.807) is 7.11 Å². The molecule has 1 heterocycles. The van der Waals surface area contributed by atoms with Gasteiger partial charge in [0.1, 0.15) is 0 Å². The van der Waals surface area contributed by atoms with Crippen molar-refractivity contribution in [3.8, 4) is 0 Å². The predicted octanol–water partition coefficient (Wildman–Crippen LogP) is 2.99. The molecule has 1 aliphatic carbocycles. The van der Waals surface area contributed by atoms with Crippen LogP contribution >= 0.6 is 0 Å². The van der Waals surface area contributed by atoms with Crippen LogP contribution in [0.2, 0.25) is 0 Å². The van der Waals surface area contributed by atoms with Crippen molar-refractivity contribution in [2.45, 2.75) is 0 Å². The van der Waals surface area contributed by atoms with Crippen LogP contribution in [0, 0.1) is 11.8 Å². The lowest BCUT2D eigenvalue weighted by atomic mass is 9.88. The van der Waals surface area contributed by atoms with Gasteiger partial charge >= 0.3 is 5.97 Å². The number of rotatable bonds is 5. The maximum Gasteiger partial charge on any atom is 0.308 e. The summed E-state index contributed by atoms with van der Waals surface area (Å²) < 4.78 is 5.12. The molecule has 1 saturated heterocycles. The van der Waals surface area contributed by atoms with Crippen molar-refractivity contribution in [3.05, 3.63) is 72.4 Å². The second-order valence-corrected chi connectivity index (χ2v) is 5.87. The number of likely N-dealkylation sites (tertiary alicyclic amines) is 1. The molecule has 0 bridgehead atoms. The summed E-state index contributed by atoms with van der Waals surface area (Å²) in [6.07, 6.45) is 21.7. The van der Waals surface area contributed by atoms with E-state index in [4.69, 9.17) is 4.74 Å². The molecule has 0 saturated carbocycles. The van der Waals surface area contributed by atoms with Crippen molar-refractivity contribution in [3.63, 3.8) is 0 Å². The summed E-state index contributed by atoms with van der Waals surface area (Å²) >= 11 is 0. The molecule has 1 fully saturated rings. The van der Waals surface area contributed by atoms with E-state index in [2.05, 4.69) is 4.90 Å². The van der Waals surface area contributed by atoms with Gasteiger partial charge in [-0.05, 0) is 5.57 Å². The van der Waals surface area contributed by atoms with Gasteiger partial charge in [-0.3, -0.25) is 9.69 Å². The first kappa shape index (κ1) is 18.2. The molecular weight excluding hydrogens is 302 g/mol. The maximum absolute atomic E-state index is 11.7. The van der Waals surface area contributed by atoms with Gasteiger partial charge in [0.15, 0.2) is 0 Å². The third-order valence-electron chi connectivity index (χ3n) is 4.22. The van der Waals surface area contributed by atoms with Crippen LogP contribution < -0.4 is 0 Å². The number of hydrogen-bond donors (Lipinski definition) is 1. The SMILES string of the molecule is COCCN1CC(C2=C/C=C\C=C/C=C\C=C/C=C\2)[C@@H](C(=O)O)C1. The Balaban J connectivity index is 2.21. The zero-order valence-corrected chi connectivity index (χ0v) is 14.0. The minimum atomic E-state index is -0.734. The lowest BCUT2D eigenvalue weighted by Crippen LogP contribution is -2.26. The highest BCUT2D eigenvalue weighted by Crippen LogP contribution is 2.31. The third kappa shape index (κ3) is 5.48. The Kier molecular flexibility index (Phi) is 7.46. The van der Waals surface area contributed by atoms with E-state index in [0.717, 1.165) is 18.7 Å². The molecule has 0 amide bonds. The van der Waals surface area contributed by atoms with E-state index < -0.39 is 11.9 Å². The average Bonchev–Trinajstić information content (AvgIpc) is 2.98. The first-order valence-electron chi connectivity index (χ1n) is 8.21. The summed E-state index contributed by atoms with van der Waals surface area (Å²) in [6.45, 7) is 2.69. The first-order chi connectivity index (χ1) is 11.7. The molecule has 0 spiro atoms. The molecule has 1 aliphatic heterocycles. The van der Waals surface area contributed by atoms with Gasteiger partial charge in [0, 0.05) is 32.7 Å². The highest BCUT2D eigenvalue weighted by Gasteiger charge is 2.38. The lowest BCUT2D eigenvalue weighted by molar-refractivity contribution is -0.142.